The van der Waals surface area contributed by atoms with Crippen LogP contribution in [0.15, 0.2) is 18.2 Å². The van der Waals surface area contributed by atoms with E-state index < -0.39 is 5.25 Å². The molecule has 0 saturated carbocycles. The number of hydrogen-bond donors (Lipinski definition) is 2. The van der Waals surface area contributed by atoms with Gasteiger partial charge >= 0.3 is 5.97 Å². The van der Waals surface area contributed by atoms with Gasteiger partial charge in [0, 0.05) is 0 Å². The zero-order valence-electron chi connectivity index (χ0n) is 9.43. The van der Waals surface area contributed by atoms with Crippen LogP contribution in [-0.4, -0.2) is 17.7 Å². The van der Waals surface area contributed by atoms with E-state index in [1.165, 1.54) is 0 Å². The summed E-state index contributed by atoms with van der Waals surface area (Å²) in [7, 11) is 0. The Morgan fingerprint density at radius 1 is 1.50 bits per heavy atom. The summed E-state index contributed by atoms with van der Waals surface area (Å²) < 4.78 is 4.91. The number of carbonyl (C=O) groups is 1. The number of aryl methyl sites for hydroxylation is 1. The third kappa shape index (κ3) is 2.92. The minimum Gasteiger partial charge on any atom is -0.508 e. The number of hydrogen-bond acceptors (Lipinski definition) is 4. The molecule has 0 aromatic heterocycles. The summed E-state index contributed by atoms with van der Waals surface area (Å²) in [5.41, 5.74) is 1.70. The maximum absolute atomic E-state index is 11.5. The van der Waals surface area contributed by atoms with Gasteiger partial charge in [0.25, 0.3) is 0 Å². The van der Waals surface area contributed by atoms with Crippen LogP contribution in [0.25, 0.3) is 0 Å². The minimum absolute atomic E-state index is 0.199. The minimum atomic E-state index is -0.588. The monoisotopic (exact) mass is 240 g/mol. The predicted octanol–water partition coefficient (Wildman–Crippen LogP) is 2.49. The highest BCUT2D eigenvalue weighted by Gasteiger charge is 2.20. The van der Waals surface area contributed by atoms with E-state index in [0.717, 1.165) is 17.5 Å². The average Bonchev–Trinajstić information content (AvgIpc) is 2.28. The molecule has 0 heterocycles. The lowest BCUT2D eigenvalue weighted by Gasteiger charge is -2.14. The average molecular weight is 240 g/mol. The first kappa shape index (κ1) is 12.9. The molecule has 0 amide bonds. The van der Waals surface area contributed by atoms with E-state index in [0.29, 0.717) is 6.61 Å². The van der Waals surface area contributed by atoms with Gasteiger partial charge in [-0.15, -0.1) is 0 Å². The van der Waals surface area contributed by atoms with Gasteiger partial charge < -0.3 is 9.84 Å². The molecule has 0 aliphatic rings. The molecular weight excluding hydrogens is 224 g/mol. The summed E-state index contributed by atoms with van der Waals surface area (Å²) in [6.07, 6.45) is 0.736. The van der Waals surface area contributed by atoms with Crippen LogP contribution in [0, 0.1) is 0 Å². The van der Waals surface area contributed by atoms with E-state index >= 15 is 0 Å². The summed E-state index contributed by atoms with van der Waals surface area (Å²) >= 11 is 4.25. The third-order valence-electron chi connectivity index (χ3n) is 2.31. The molecule has 1 unspecified atom stereocenters. The van der Waals surface area contributed by atoms with Crippen molar-refractivity contribution in [2.24, 2.45) is 0 Å². The lowest BCUT2D eigenvalue weighted by Crippen LogP contribution is -2.12. The normalized spacial score (nSPS) is 12.2. The van der Waals surface area contributed by atoms with Crippen LogP contribution in [0.3, 0.4) is 0 Å². The van der Waals surface area contributed by atoms with Crippen molar-refractivity contribution in [2.75, 3.05) is 6.61 Å². The van der Waals surface area contributed by atoms with Crippen LogP contribution in [0.4, 0.5) is 0 Å². The van der Waals surface area contributed by atoms with E-state index in [1.54, 1.807) is 25.1 Å². The van der Waals surface area contributed by atoms with Gasteiger partial charge in [0.05, 0.1) is 6.61 Å². The molecule has 88 valence electrons. The highest BCUT2D eigenvalue weighted by atomic mass is 32.1. The number of ether oxygens (including phenoxy) is 1. The summed E-state index contributed by atoms with van der Waals surface area (Å²) in [6.45, 7) is 4.06. The summed E-state index contributed by atoms with van der Waals surface area (Å²) in [5.74, 6) is -0.156. The van der Waals surface area contributed by atoms with Crippen molar-refractivity contribution in [3.8, 4) is 5.75 Å². The molecule has 1 aromatic rings. The number of esters is 1. The maximum Gasteiger partial charge on any atom is 0.323 e. The Balaban J connectivity index is 2.98. The Hall–Kier alpha value is -1.16. The van der Waals surface area contributed by atoms with Crippen molar-refractivity contribution >= 4 is 18.6 Å². The maximum atomic E-state index is 11.5. The van der Waals surface area contributed by atoms with Crippen LogP contribution in [0.2, 0.25) is 0 Å². The van der Waals surface area contributed by atoms with Crippen molar-refractivity contribution in [2.45, 2.75) is 25.5 Å². The van der Waals surface area contributed by atoms with E-state index in [-0.39, 0.29) is 11.7 Å². The van der Waals surface area contributed by atoms with Crippen LogP contribution in [0.5, 0.6) is 5.75 Å². The van der Waals surface area contributed by atoms with Gasteiger partial charge in [-0.25, -0.2) is 0 Å². The molecule has 1 rings (SSSR count). The Labute approximate surface area is 101 Å². The zero-order chi connectivity index (χ0) is 12.1. The lowest BCUT2D eigenvalue weighted by molar-refractivity contribution is -0.142. The highest BCUT2D eigenvalue weighted by molar-refractivity contribution is 7.81. The Bertz CT molecular complexity index is 377. The first-order chi connectivity index (χ1) is 7.60. The van der Waals surface area contributed by atoms with Crippen molar-refractivity contribution in [1.29, 1.82) is 0 Å². The van der Waals surface area contributed by atoms with E-state index in [2.05, 4.69) is 12.6 Å². The molecule has 16 heavy (non-hydrogen) atoms. The quantitative estimate of drug-likeness (QED) is 0.628. The van der Waals surface area contributed by atoms with E-state index in [1.807, 2.05) is 6.92 Å². The second kappa shape index (κ2) is 5.80. The Morgan fingerprint density at radius 3 is 2.75 bits per heavy atom. The number of rotatable bonds is 4. The molecule has 0 aliphatic carbocycles. The highest BCUT2D eigenvalue weighted by Crippen LogP contribution is 2.28. The number of carbonyl (C=O) groups excluding carboxylic acids is 1. The standard InChI is InChI=1S/C12H16O3S/c1-3-8-7-9(13)5-6-10(8)11(16)12(14)15-4-2/h5-7,11,13,16H,3-4H2,1-2H3. The molecule has 0 radical (unpaired) electrons. The van der Waals surface area contributed by atoms with Crippen LogP contribution < -0.4 is 0 Å². The molecule has 4 heteroatoms. The molecular formula is C12H16O3S. The number of phenolic OH excluding ortho intramolecular Hbond substituents is 1. The number of aromatic hydroxyl groups is 1. The second-order valence-electron chi connectivity index (χ2n) is 3.39. The Morgan fingerprint density at radius 2 is 2.19 bits per heavy atom. The number of phenols is 1. The molecule has 0 saturated heterocycles. The zero-order valence-corrected chi connectivity index (χ0v) is 10.3. The fraction of sp³-hybridized carbons (Fsp3) is 0.417. The molecule has 3 nitrogen and oxygen atoms in total. The van der Waals surface area contributed by atoms with Crippen molar-refractivity contribution in [1.82, 2.24) is 0 Å². The third-order valence-corrected chi connectivity index (χ3v) is 2.80. The first-order valence-electron chi connectivity index (χ1n) is 5.26. The van der Waals surface area contributed by atoms with Gasteiger partial charge in [-0.05, 0) is 36.6 Å². The topological polar surface area (TPSA) is 46.5 Å². The molecule has 0 bridgehead atoms. The molecule has 0 fully saturated rings. The van der Waals surface area contributed by atoms with Crippen molar-refractivity contribution in [3.05, 3.63) is 29.3 Å². The van der Waals surface area contributed by atoms with Gasteiger partial charge in [0.1, 0.15) is 11.0 Å². The fourth-order valence-corrected chi connectivity index (χ4v) is 1.84. The number of thiol groups is 1. The van der Waals surface area contributed by atoms with Gasteiger partial charge in [-0.3, -0.25) is 4.79 Å². The van der Waals surface area contributed by atoms with Gasteiger partial charge in [-0.1, -0.05) is 13.0 Å². The lowest BCUT2D eigenvalue weighted by atomic mass is 10.0. The van der Waals surface area contributed by atoms with Crippen molar-refractivity contribution in [3.63, 3.8) is 0 Å². The molecule has 1 atom stereocenters. The van der Waals surface area contributed by atoms with Crippen LogP contribution >= 0.6 is 12.6 Å². The van der Waals surface area contributed by atoms with Crippen LogP contribution in [0.1, 0.15) is 30.2 Å². The number of benzene rings is 1. The largest absolute Gasteiger partial charge is 0.508 e. The van der Waals surface area contributed by atoms with Gasteiger partial charge in [-0.2, -0.15) is 12.6 Å². The van der Waals surface area contributed by atoms with E-state index in [4.69, 9.17) is 4.74 Å². The van der Waals surface area contributed by atoms with E-state index in [9.17, 15) is 9.90 Å². The molecule has 1 N–H and O–H groups in total. The van der Waals surface area contributed by atoms with Gasteiger partial charge in [0.15, 0.2) is 0 Å². The van der Waals surface area contributed by atoms with Crippen LogP contribution in [-0.2, 0) is 16.0 Å². The van der Waals surface area contributed by atoms with Gasteiger partial charge in [0.2, 0.25) is 0 Å². The fourth-order valence-electron chi connectivity index (χ4n) is 1.51. The molecule has 0 spiro atoms. The smallest absolute Gasteiger partial charge is 0.323 e. The second-order valence-corrected chi connectivity index (χ2v) is 3.91. The predicted molar refractivity (Wildman–Crippen MR) is 65.8 cm³/mol. The Kier molecular flexibility index (Phi) is 4.68. The summed E-state index contributed by atoms with van der Waals surface area (Å²) in [4.78, 5) is 11.5. The first-order valence-corrected chi connectivity index (χ1v) is 5.78. The molecule has 1 aromatic carbocycles. The van der Waals surface area contributed by atoms with Crippen molar-refractivity contribution < 1.29 is 14.6 Å². The summed E-state index contributed by atoms with van der Waals surface area (Å²) in [5, 5.41) is 8.76. The SMILES string of the molecule is CCOC(=O)C(S)c1ccc(O)cc1CC. The molecule has 0 aliphatic heterocycles. The summed E-state index contributed by atoms with van der Waals surface area (Å²) in [6, 6.07) is 4.91.